The van der Waals surface area contributed by atoms with E-state index in [2.05, 4.69) is 30.9 Å². The predicted octanol–water partition coefficient (Wildman–Crippen LogP) is 2.90. The van der Waals surface area contributed by atoms with Crippen LogP contribution in [0.15, 0.2) is 4.52 Å². The molecule has 0 saturated carbocycles. The molecule has 1 aromatic heterocycles. The molecule has 0 bridgehead atoms. The van der Waals surface area contributed by atoms with Gasteiger partial charge in [0.25, 0.3) is 0 Å². The normalized spacial score (nSPS) is 25.7. The van der Waals surface area contributed by atoms with Crippen LogP contribution in [0, 0.1) is 5.92 Å². The second kappa shape index (κ2) is 6.99. The van der Waals surface area contributed by atoms with Gasteiger partial charge < -0.3 is 10.3 Å². The van der Waals surface area contributed by atoms with Crippen LogP contribution in [0.4, 0.5) is 0 Å². The fourth-order valence-electron chi connectivity index (χ4n) is 2.05. The van der Waals surface area contributed by atoms with Gasteiger partial charge in [-0.1, -0.05) is 25.9 Å². The molecule has 2 N–H and O–H groups in total. The number of hydrogen-bond acceptors (Lipinski definition) is 6. The molecule has 0 spiro atoms. The summed E-state index contributed by atoms with van der Waals surface area (Å²) in [5, 5.41) is 5.15. The summed E-state index contributed by atoms with van der Waals surface area (Å²) < 4.78 is 5.37. The van der Waals surface area contributed by atoms with Gasteiger partial charge in [0, 0.05) is 29.2 Å². The van der Waals surface area contributed by atoms with Crippen molar-refractivity contribution in [1.29, 1.82) is 0 Å². The van der Waals surface area contributed by atoms with Gasteiger partial charge in [-0.2, -0.15) is 16.7 Å². The van der Waals surface area contributed by atoms with Crippen LogP contribution >= 0.6 is 23.5 Å². The minimum atomic E-state index is 0.0867. The number of rotatable bonds is 5. The van der Waals surface area contributed by atoms with Crippen LogP contribution in [0.3, 0.4) is 0 Å². The Labute approximate surface area is 123 Å². The molecule has 4 nitrogen and oxygen atoms in total. The number of nitrogens with two attached hydrogens (primary N) is 1. The Morgan fingerprint density at radius 3 is 2.79 bits per heavy atom. The summed E-state index contributed by atoms with van der Waals surface area (Å²) in [4.78, 5) is 4.56. The molecule has 19 heavy (non-hydrogen) atoms. The number of nitrogens with zero attached hydrogens (tertiary/aromatic N) is 2. The third-order valence-corrected chi connectivity index (χ3v) is 6.70. The van der Waals surface area contributed by atoms with E-state index in [0.717, 1.165) is 12.2 Å². The lowest BCUT2D eigenvalue weighted by Gasteiger charge is -2.27. The largest absolute Gasteiger partial charge is 0.339 e. The Kier molecular flexibility index (Phi) is 5.59. The highest BCUT2D eigenvalue weighted by Gasteiger charge is 2.30. The summed E-state index contributed by atoms with van der Waals surface area (Å²) in [6.07, 6.45) is 1.82. The van der Waals surface area contributed by atoms with Gasteiger partial charge in [-0.25, -0.2) is 0 Å². The first kappa shape index (κ1) is 15.2. The van der Waals surface area contributed by atoms with E-state index in [9.17, 15) is 0 Å². The molecule has 1 aliphatic heterocycles. The second-order valence-corrected chi connectivity index (χ2v) is 7.86. The molecule has 0 aliphatic carbocycles. The van der Waals surface area contributed by atoms with Gasteiger partial charge in [0.2, 0.25) is 5.89 Å². The minimum Gasteiger partial charge on any atom is -0.339 e. The van der Waals surface area contributed by atoms with Gasteiger partial charge in [-0.15, -0.1) is 11.8 Å². The van der Waals surface area contributed by atoms with Crippen molar-refractivity contribution in [2.75, 3.05) is 11.5 Å². The van der Waals surface area contributed by atoms with Gasteiger partial charge in [0.05, 0.1) is 5.25 Å². The third kappa shape index (κ3) is 3.89. The molecule has 2 rings (SSSR count). The van der Waals surface area contributed by atoms with Crippen molar-refractivity contribution in [3.63, 3.8) is 0 Å². The molecule has 1 aliphatic rings. The predicted molar refractivity (Wildman–Crippen MR) is 82.6 cm³/mol. The monoisotopic (exact) mass is 301 g/mol. The van der Waals surface area contributed by atoms with E-state index < -0.39 is 0 Å². The van der Waals surface area contributed by atoms with Crippen molar-refractivity contribution in [3.05, 3.63) is 11.7 Å². The van der Waals surface area contributed by atoms with Crippen molar-refractivity contribution in [2.45, 2.75) is 50.2 Å². The van der Waals surface area contributed by atoms with E-state index in [4.69, 9.17) is 10.3 Å². The Bertz CT molecular complexity index is 397. The molecule has 3 atom stereocenters. The van der Waals surface area contributed by atoms with E-state index in [-0.39, 0.29) is 6.04 Å². The van der Waals surface area contributed by atoms with Crippen molar-refractivity contribution >= 4 is 23.5 Å². The summed E-state index contributed by atoms with van der Waals surface area (Å²) in [7, 11) is 0. The fraction of sp³-hybridized carbons (Fsp3) is 0.846. The van der Waals surface area contributed by atoms with Gasteiger partial charge in [0.15, 0.2) is 5.82 Å². The Morgan fingerprint density at radius 1 is 1.37 bits per heavy atom. The maximum atomic E-state index is 6.05. The number of hydrogen-bond donors (Lipinski definition) is 1. The molecule has 1 aromatic rings. The Balaban J connectivity index is 2.03. The quantitative estimate of drug-likeness (QED) is 0.902. The molecule has 2 heterocycles. The zero-order valence-electron chi connectivity index (χ0n) is 11.8. The highest BCUT2D eigenvalue weighted by molar-refractivity contribution is 8.06. The highest BCUT2D eigenvalue weighted by Crippen LogP contribution is 2.42. The van der Waals surface area contributed by atoms with Crippen LogP contribution in [0.2, 0.25) is 0 Å². The smallest absolute Gasteiger partial charge is 0.228 e. The molecule has 0 amide bonds. The molecular weight excluding hydrogens is 278 g/mol. The SMILES string of the molecule is CCC1SCCSC1c1noc(CC(N)C(C)C)n1. The molecule has 0 radical (unpaired) electrons. The van der Waals surface area contributed by atoms with Gasteiger partial charge >= 0.3 is 0 Å². The lowest BCUT2D eigenvalue weighted by atomic mass is 10.0. The minimum absolute atomic E-state index is 0.0867. The number of aromatic nitrogens is 2. The number of thioether (sulfide) groups is 2. The third-order valence-electron chi connectivity index (χ3n) is 3.46. The second-order valence-electron chi connectivity index (χ2n) is 5.27. The molecule has 3 unspecified atom stereocenters. The summed E-state index contributed by atoms with van der Waals surface area (Å²) in [5.74, 6) is 4.36. The van der Waals surface area contributed by atoms with Crippen molar-refractivity contribution in [1.82, 2.24) is 10.1 Å². The summed E-state index contributed by atoms with van der Waals surface area (Å²) in [5.41, 5.74) is 6.05. The molecule has 108 valence electrons. The van der Waals surface area contributed by atoms with Crippen LogP contribution < -0.4 is 5.73 Å². The van der Waals surface area contributed by atoms with Crippen LogP contribution in [0.1, 0.15) is 44.2 Å². The molecule has 6 heteroatoms. The van der Waals surface area contributed by atoms with Crippen LogP contribution in [0.5, 0.6) is 0 Å². The van der Waals surface area contributed by atoms with Gasteiger partial charge in [-0.3, -0.25) is 0 Å². The zero-order valence-corrected chi connectivity index (χ0v) is 13.5. The summed E-state index contributed by atoms with van der Waals surface area (Å²) >= 11 is 3.98. The maximum absolute atomic E-state index is 6.05. The first-order chi connectivity index (χ1) is 9.11. The van der Waals surface area contributed by atoms with Crippen molar-refractivity contribution in [3.8, 4) is 0 Å². The van der Waals surface area contributed by atoms with Crippen LogP contribution in [-0.2, 0) is 6.42 Å². The van der Waals surface area contributed by atoms with Crippen molar-refractivity contribution < 1.29 is 4.52 Å². The molecule has 1 fully saturated rings. The molecule has 0 aromatic carbocycles. The highest BCUT2D eigenvalue weighted by atomic mass is 32.2. The fourth-order valence-corrected chi connectivity index (χ4v) is 5.03. The van der Waals surface area contributed by atoms with Crippen LogP contribution in [-0.4, -0.2) is 32.9 Å². The average Bonchev–Trinajstić information content (AvgIpc) is 2.86. The topological polar surface area (TPSA) is 64.9 Å². The molecule has 1 saturated heterocycles. The maximum Gasteiger partial charge on any atom is 0.228 e. The first-order valence-electron chi connectivity index (χ1n) is 6.93. The molecular formula is C13H23N3OS2. The van der Waals surface area contributed by atoms with Crippen LogP contribution in [0.25, 0.3) is 0 Å². The lowest BCUT2D eigenvalue weighted by Crippen LogP contribution is -2.28. The van der Waals surface area contributed by atoms with Crippen molar-refractivity contribution in [2.24, 2.45) is 11.7 Å². The van der Waals surface area contributed by atoms with E-state index in [1.165, 1.54) is 11.5 Å². The van der Waals surface area contributed by atoms with E-state index in [1.54, 1.807) is 0 Å². The summed E-state index contributed by atoms with van der Waals surface area (Å²) in [6, 6.07) is 0.0867. The first-order valence-corrected chi connectivity index (χ1v) is 9.02. The average molecular weight is 301 g/mol. The Hall–Kier alpha value is -0.200. The van der Waals surface area contributed by atoms with Gasteiger partial charge in [0.1, 0.15) is 0 Å². The Morgan fingerprint density at radius 2 is 2.11 bits per heavy atom. The van der Waals surface area contributed by atoms with E-state index in [1.807, 2.05) is 23.5 Å². The summed E-state index contributed by atoms with van der Waals surface area (Å²) in [6.45, 7) is 6.46. The van der Waals surface area contributed by atoms with E-state index in [0.29, 0.717) is 28.7 Å². The standard InChI is InChI=1S/C13H23N3OS2/c1-4-10-12(19-6-5-18-10)13-15-11(17-16-13)7-9(14)8(2)3/h8-10,12H,4-7,14H2,1-3H3. The van der Waals surface area contributed by atoms with Gasteiger partial charge in [-0.05, 0) is 12.3 Å². The zero-order chi connectivity index (χ0) is 13.8. The lowest BCUT2D eigenvalue weighted by molar-refractivity contribution is 0.349. The van der Waals surface area contributed by atoms with E-state index >= 15 is 0 Å².